The third kappa shape index (κ3) is 4.23. The van der Waals surface area contributed by atoms with Crippen molar-refractivity contribution < 1.29 is 18.7 Å². The molecule has 7 heteroatoms. The van der Waals surface area contributed by atoms with Crippen LogP contribution >= 0.6 is 11.3 Å². The average molecular weight is 372 g/mol. The molecule has 0 spiro atoms. The van der Waals surface area contributed by atoms with Crippen LogP contribution in [0.1, 0.15) is 12.5 Å². The largest absolute Gasteiger partial charge is 0.455 e. The van der Waals surface area contributed by atoms with Crippen LogP contribution in [0.15, 0.2) is 48.5 Å². The molecule has 0 aliphatic rings. The van der Waals surface area contributed by atoms with Gasteiger partial charge >= 0.3 is 5.97 Å². The van der Waals surface area contributed by atoms with Gasteiger partial charge in [-0.1, -0.05) is 35.6 Å². The number of ether oxygens (including phenoxy) is 1. The molecule has 0 bridgehead atoms. The molecule has 3 rings (SSSR count). The van der Waals surface area contributed by atoms with Crippen molar-refractivity contribution in [1.82, 2.24) is 4.98 Å². The van der Waals surface area contributed by atoms with Gasteiger partial charge in [-0.3, -0.25) is 14.5 Å². The Kier molecular flexibility index (Phi) is 5.58. The van der Waals surface area contributed by atoms with E-state index in [9.17, 15) is 14.0 Å². The zero-order valence-electron chi connectivity index (χ0n) is 14.1. The predicted octanol–water partition coefficient (Wildman–Crippen LogP) is 3.57. The number of hydrogen-bond acceptors (Lipinski definition) is 5. The van der Waals surface area contributed by atoms with Gasteiger partial charge in [0, 0.05) is 6.54 Å². The van der Waals surface area contributed by atoms with Crippen LogP contribution in [0.5, 0.6) is 0 Å². The number of para-hydroxylation sites is 1. The molecule has 134 valence electrons. The van der Waals surface area contributed by atoms with Crippen molar-refractivity contribution in [2.45, 2.75) is 13.3 Å². The van der Waals surface area contributed by atoms with E-state index in [2.05, 4.69) is 4.98 Å². The Morgan fingerprint density at radius 3 is 2.58 bits per heavy atom. The van der Waals surface area contributed by atoms with Crippen LogP contribution in [-0.2, 0) is 20.7 Å². The molecule has 5 nitrogen and oxygen atoms in total. The van der Waals surface area contributed by atoms with Gasteiger partial charge in [0.2, 0.25) is 0 Å². The first-order valence-corrected chi connectivity index (χ1v) is 8.94. The number of halogens is 1. The minimum atomic E-state index is -0.537. The fourth-order valence-corrected chi connectivity index (χ4v) is 3.48. The van der Waals surface area contributed by atoms with Crippen molar-refractivity contribution in [3.8, 4) is 0 Å². The maximum absolute atomic E-state index is 12.9. The molecule has 2 aromatic carbocycles. The fourth-order valence-electron chi connectivity index (χ4n) is 2.43. The number of hydrogen-bond donors (Lipinski definition) is 0. The summed E-state index contributed by atoms with van der Waals surface area (Å²) in [7, 11) is 0. The van der Waals surface area contributed by atoms with Gasteiger partial charge in [0.15, 0.2) is 11.7 Å². The SMILES string of the molecule is CCN(C(=O)COC(=O)Cc1ccc(F)cc1)c1nc2ccccc2s1. The predicted molar refractivity (Wildman–Crippen MR) is 98.7 cm³/mol. The summed E-state index contributed by atoms with van der Waals surface area (Å²) in [6.07, 6.45) is -0.0131. The number of anilines is 1. The number of amides is 1. The zero-order chi connectivity index (χ0) is 18.5. The fraction of sp³-hybridized carbons (Fsp3) is 0.211. The summed E-state index contributed by atoms with van der Waals surface area (Å²) in [6, 6.07) is 13.2. The van der Waals surface area contributed by atoms with E-state index >= 15 is 0 Å². The lowest BCUT2D eigenvalue weighted by molar-refractivity contribution is -0.147. The Morgan fingerprint density at radius 1 is 1.15 bits per heavy atom. The second-order valence-electron chi connectivity index (χ2n) is 5.57. The monoisotopic (exact) mass is 372 g/mol. The van der Waals surface area contributed by atoms with Crippen LogP contribution in [0.25, 0.3) is 10.2 Å². The maximum Gasteiger partial charge on any atom is 0.310 e. The Labute approximate surface area is 154 Å². The summed E-state index contributed by atoms with van der Waals surface area (Å²) in [4.78, 5) is 30.3. The lowest BCUT2D eigenvalue weighted by atomic mass is 10.1. The molecule has 1 amide bonds. The summed E-state index contributed by atoms with van der Waals surface area (Å²) < 4.78 is 18.9. The minimum Gasteiger partial charge on any atom is -0.455 e. The number of esters is 1. The Hall–Kier alpha value is -2.80. The molecule has 1 heterocycles. The topological polar surface area (TPSA) is 59.5 Å². The Balaban J connectivity index is 1.60. The highest BCUT2D eigenvalue weighted by Gasteiger charge is 2.19. The number of carbonyl (C=O) groups excluding carboxylic acids is 2. The highest BCUT2D eigenvalue weighted by molar-refractivity contribution is 7.22. The van der Waals surface area contributed by atoms with Gasteiger partial charge in [0.05, 0.1) is 16.6 Å². The van der Waals surface area contributed by atoms with Gasteiger partial charge in [0.1, 0.15) is 5.82 Å². The standard InChI is InChI=1S/C19H17FN2O3S/c1-2-22(19-21-15-5-3-4-6-16(15)26-19)17(23)12-25-18(24)11-13-7-9-14(20)10-8-13/h3-10H,2,11-12H2,1H3. The van der Waals surface area contributed by atoms with Crippen molar-refractivity contribution in [1.29, 1.82) is 0 Å². The van der Waals surface area contributed by atoms with Crippen LogP contribution in [0, 0.1) is 5.82 Å². The molecule has 0 atom stereocenters. The highest BCUT2D eigenvalue weighted by atomic mass is 32.1. The first-order chi connectivity index (χ1) is 12.6. The number of nitrogens with zero attached hydrogens (tertiary/aromatic N) is 2. The number of carbonyl (C=O) groups is 2. The van der Waals surface area contributed by atoms with E-state index in [0.29, 0.717) is 17.2 Å². The van der Waals surface area contributed by atoms with Crippen LogP contribution < -0.4 is 4.90 Å². The summed E-state index contributed by atoms with van der Waals surface area (Å²) in [5, 5.41) is 0.577. The molecule has 0 aliphatic heterocycles. The quantitative estimate of drug-likeness (QED) is 0.621. The van der Waals surface area contributed by atoms with Crippen molar-refractivity contribution >= 4 is 38.6 Å². The van der Waals surface area contributed by atoms with E-state index in [0.717, 1.165) is 10.2 Å². The summed E-state index contributed by atoms with van der Waals surface area (Å²) in [5.74, 6) is -1.24. The van der Waals surface area contributed by atoms with Gasteiger partial charge < -0.3 is 4.74 Å². The molecule has 0 fully saturated rings. The van der Waals surface area contributed by atoms with Crippen LogP contribution in [-0.4, -0.2) is 30.0 Å². The van der Waals surface area contributed by atoms with Gasteiger partial charge in [-0.05, 0) is 36.8 Å². The maximum atomic E-state index is 12.9. The molecule has 26 heavy (non-hydrogen) atoms. The van der Waals surface area contributed by atoms with Crippen molar-refractivity contribution in [3.63, 3.8) is 0 Å². The van der Waals surface area contributed by atoms with E-state index in [1.165, 1.54) is 40.5 Å². The van der Waals surface area contributed by atoms with E-state index in [1.807, 2.05) is 31.2 Å². The number of rotatable bonds is 6. The minimum absolute atomic E-state index is 0.0131. The molecule has 0 saturated carbocycles. The van der Waals surface area contributed by atoms with E-state index in [4.69, 9.17) is 4.74 Å². The van der Waals surface area contributed by atoms with E-state index in [1.54, 1.807) is 0 Å². The smallest absolute Gasteiger partial charge is 0.310 e. The van der Waals surface area contributed by atoms with Gasteiger partial charge in [-0.15, -0.1) is 0 Å². The molecule has 0 saturated heterocycles. The van der Waals surface area contributed by atoms with Gasteiger partial charge in [-0.25, -0.2) is 9.37 Å². The van der Waals surface area contributed by atoms with Gasteiger partial charge in [0.25, 0.3) is 5.91 Å². The number of fused-ring (bicyclic) bond motifs is 1. The molecule has 0 N–H and O–H groups in total. The third-order valence-corrected chi connectivity index (χ3v) is 4.81. The van der Waals surface area contributed by atoms with Crippen molar-refractivity contribution in [3.05, 3.63) is 59.9 Å². The van der Waals surface area contributed by atoms with Crippen molar-refractivity contribution in [2.24, 2.45) is 0 Å². The average Bonchev–Trinajstić information content (AvgIpc) is 3.06. The second kappa shape index (κ2) is 8.05. The van der Waals surface area contributed by atoms with E-state index < -0.39 is 5.97 Å². The van der Waals surface area contributed by atoms with Crippen LogP contribution in [0.3, 0.4) is 0 Å². The highest BCUT2D eigenvalue weighted by Crippen LogP contribution is 2.28. The molecule has 1 aromatic heterocycles. The lowest BCUT2D eigenvalue weighted by Crippen LogP contribution is -2.34. The molecule has 0 unspecified atom stereocenters. The first-order valence-electron chi connectivity index (χ1n) is 8.13. The molecular formula is C19H17FN2O3S. The first kappa shape index (κ1) is 18.0. The Morgan fingerprint density at radius 2 is 1.88 bits per heavy atom. The van der Waals surface area contributed by atoms with Crippen LogP contribution in [0.4, 0.5) is 9.52 Å². The zero-order valence-corrected chi connectivity index (χ0v) is 15.0. The number of likely N-dealkylation sites (N-methyl/N-ethyl adjacent to an activating group) is 1. The summed E-state index contributed by atoms with van der Waals surface area (Å²) in [6.45, 7) is 1.91. The number of thiazole rings is 1. The Bertz CT molecular complexity index is 891. The second-order valence-corrected chi connectivity index (χ2v) is 6.58. The van der Waals surface area contributed by atoms with Gasteiger partial charge in [-0.2, -0.15) is 0 Å². The molecule has 3 aromatic rings. The third-order valence-electron chi connectivity index (χ3n) is 3.75. The van der Waals surface area contributed by atoms with Crippen LogP contribution in [0.2, 0.25) is 0 Å². The number of benzene rings is 2. The molecular weight excluding hydrogens is 355 g/mol. The van der Waals surface area contributed by atoms with E-state index in [-0.39, 0.29) is 24.8 Å². The summed E-state index contributed by atoms with van der Waals surface area (Å²) in [5.41, 5.74) is 1.45. The van der Waals surface area contributed by atoms with Crippen molar-refractivity contribution in [2.75, 3.05) is 18.1 Å². The summed E-state index contributed by atoms with van der Waals surface area (Å²) >= 11 is 1.41. The lowest BCUT2D eigenvalue weighted by Gasteiger charge is -2.17. The number of aromatic nitrogens is 1. The normalized spacial score (nSPS) is 10.7. The molecule has 0 radical (unpaired) electrons. The molecule has 0 aliphatic carbocycles.